The van der Waals surface area contributed by atoms with Gasteiger partial charge in [0.25, 0.3) is 5.91 Å². The van der Waals surface area contributed by atoms with Crippen LogP contribution in [0.25, 0.3) is 0 Å². The Hall–Kier alpha value is -2.34. The lowest BCUT2D eigenvalue weighted by Crippen LogP contribution is -2.14. The summed E-state index contributed by atoms with van der Waals surface area (Å²) in [4.78, 5) is 27.1. The topological polar surface area (TPSA) is 71.2 Å². The smallest absolute Gasteiger partial charge is 0.355 e. The first-order valence-corrected chi connectivity index (χ1v) is 7.35. The zero-order valence-corrected chi connectivity index (χ0v) is 13.7. The van der Waals surface area contributed by atoms with Crippen molar-refractivity contribution in [2.45, 2.75) is 20.8 Å². The maximum atomic E-state index is 13.2. The molecule has 0 bridgehead atoms. The fourth-order valence-corrected chi connectivity index (χ4v) is 2.45. The first kappa shape index (κ1) is 17.0. The highest BCUT2D eigenvalue weighted by molar-refractivity contribution is 6.31. The molecular weight excluding hydrogens is 323 g/mol. The quantitative estimate of drug-likeness (QED) is 0.832. The van der Waals surface area contributed by atoms with Gasteiger partial charge in [-0.3, -0.25) is 4.79 Å². The molecule has 0 atom stereocenters. The van der Waals surface area contributed by atoms with Crippen molar-refractivity contribution >= 4 is 29.2 Å². The van der Waals surface area contributed by atoms with Crippen LogP contribution in [0.1, 0.15) is 39.0 Å². The normalized spacial score (nSPS) is 10.5. The average molecular weight is 339 g/mol. The standard InChI is InChI=1S/C16H16ClFN2O3/c1-4-23-16(22)14-8(2)13(9(3)19-14)15(21)20-10-5-6-12(18)11(17)7-10/h5-7,19H,4H2,1-3H3,(H,20,21). The Bertz CT molecular complexity index is 771. The highest BCUT2D eigenvalue weighted by atomic mass is 35.5. The summed E-state index contributed by atoms with van der Waals surface area (Å²) in [6.45, 7) is 5.28. The third-order valence-electron chi connectivity index (χ3n) is 3.32. The molecule has 0 saturated heterocycles. The van der Waals surface area contributed by atoms with Crippen molar-refractivity contribution in [1.82, 2.24) is 4.98 Å². The second-order valence-corrected chi connectivity index (χ2v) is 5.34. The summed E-state index contributed by atoms with van der Waals surface area (Å²) in [5, 5.41) is 2.54. The van der Waals surface area contributed by atoms with Gasteiger partial charge in [0.1, 0.15) is 11.5 Å². The number of aromatic nitrogens is 1. The van der Waals surface area contributed by atoms with E-state index in [0.717, 1.165) is 0 Å². The first-order valence-electron chi connectivity index (χ1n) is 6.97. The van der Waals surface area contributed by atoms with Gasteiger partial charge >= 0.3 is 5.97 Å². The van der Waals surface area contributed by atoms with E-state index in [9.17, 15) is 14.0 Å². The van der Waals surface area contributed by atoms with Crippen LogP contribution in [0.3, 0.4) is 0 Å². The van der Waals surface area contributed by atoms with Crippen LogP contribution in [0, 0.1) is 19.7 Å². The molecule has 0 saturated carbocycles. The van der Waals surface area contributed by atoms with Gasteiger partial charge in [-0.05, 0) is 44.5 Å². The molecule has 5 nitrogen and oxygen atoms in total. The van der Waals surface area contributed by atoms with E-state index in [2.05, 4.69) is 10.3 Å². The molecule has 0 fully saturated rings. The Balaban J connectivity index is 2.29. The fraction of sp³-hybridized carbons (Fsp3) is 0.250. The molecule has 2 aromatic rings. The van der Waals surface area contributed by atoms with E-state index in [0.29, 0.717) is 22.5 Å². The van der Waals surface area contributed by atoms with Crippen LogP contribution in [-0.4, -0.2) is 23.5 Å². The molecule has 1 amide bonds. The molecule has 0 unspecified atom stereocenters. The van der Waals surface area contributed by atoms with Gasteiger partial charge < -0.3 is 15.0 Å². The van der Waals surface area contributed by atoms with Gasteiger partial charge in [0.2, 0.25) is 0 Å². The molecule has 122 valence electrons. The van der Waals surface area contributed by atoms with Crippen LogP contribution in [0.2, 0.25) is 5.02 Å². The number of nitrogens with one attached hydrogen (secondary N) is 2. The third-order valence-corrected chi connectivity index (χ3v) is 3.61. The van der Waals surface area contributed by atoms with Crippen LogP contribution < -0.4 is 5.32 Å². The van der Waals surface area contributed by atoms with Gasteiger partial charge in [-0.25, -0.2) is 9.18 Å². The molecule has 0 radical (unpaired) electrons. The number of H-pyrrole nitrogens is 1. The number of aromatic amines is 1. The molecule has 1 heterocycles. The predicted molar refractivity (Wildman–Crippen MR) is 85.6 cm³/mol. The second-order valence-electron chi connectivity index (χ2n) is 4.93. The largest absolute Gasteiger partial charge is 0.461 e. The number of ether oxygens (including phenoxy) is 1. The van der Waals surface area contributed by atoms with E-state index in [4.69, 9.17) is 16.3 Å². The number of hydrogen-bond acceptors (Lipinski definition) is 3. The molecule has 7 heteroatoms. The lowest BCUT2D eigenvalue weighted by molar-refractivity contribution is 0.0519. The first-order chi connectivity index (χ1) is 10.8. The summed E-state index contributed by atoms with van der Waals surface area (Å²) in [5.74, 6) is -1.50. The van der Waals surface area contributed by atoms with E-state index in [1.807, 2.05) is 0 Å². The summed E-state index contributed by atoms with van der Waals surface area (Å²) in [5.41, 5.74) is 1.97. The lowest BCUT2D eigenvalue weighted by atomic mass is 10.1. The van der Waals surface area contributed by atoms with Crippen molar-refractivity contribution in [3.05, 3.63) is 51.6 Å². The maximum absolute atomic E-state index is 13.2. The van der Waals surface area contributed by atoms with Crippen LogP contribution >= 0.6 is 11.6 Å². The number of carbonyl (C=O) groups excluding carboxylic acids is 2. The van der Waals surface area contributed by atoms with Crippen LogP contribution in [-0.2, 0) is 4.74 Å². The zero-order chi connectivity index (χ0) is 17.1. The van der Waals surface area contributed by atoms with E-state index in [1.54, 1.807) is 20.8 Å². The molecule has 1 aromatic heterocycles. The SMILES string of the molecule is CCOC(=O)c1[nH]c(C)c(C(=O)Nc2ccc(F)c(Cl)c2)c1C. The van der Waals surface area contributed by atoms with Gasteiger partial charge in [0.15, 0.2) is 0 Å². The van der Waals surface area contributed by atoms with Gasteiger partial charge in [-0.2, -0.15) is 0 Å². The lowest BCUT2D eigenvalue weighted by Gasteiger charge is -2.07. The van der Waals surface area contributed by atoms with E-state index in [-0.39, 0.29) is 17.3 Å². The summed E-state index contributed by atoms with van der Waals surface area (Å²) < 4.78 is 18.1. The highest BCUT2D eigenvalue weighted by Crippen LogP contribution is 2.23. The van der Waals surface area contributed by atoms with Crippen molar-refractivity contribution in [2.75, 3.05) is 11.9 Å². The van der Waals surface area contributed by atoms with Crippen molar-refractivity contribution in [2.24, 2.45) is 0 Å². The number of benzene rings is 1. The number of aryl methyl sites for hydroxylation is 1. The number of anilines is 1. The second kappa shape index (κ2) is 6.83. The summed E-state index contributed by atoms with van der Waals surface area (Å²) in [6, 6.07) is 3.89. The molecule has 0 aliphatic heterocycles. The van der Waals surface area contributed by atoms with Crippen LogP contribution in [0.5, 0.6) is 0 Å². The van der Waals surface area contributed by atoms with Gasteiger partial charge in [-0.1, -0.05) is 11.6 Å². The molecule has 2 N–H and O–H groups in total. The molecule has 0 aliphatic carbocycles. The Morgan fingerprint density at radius 2 is 2.04 bits per heavy atom. The molecule has 0 spiro atoms. The van der Waals surface area contributed by atoms with Crippen molar-refractivity contribution in [1.29, 1.82) is 0 Å². The van der Waals surface area contributed by atoms with Gasteiger partial charge in [-0.15, -0.1) is 0 Å². The van der Waals surface area contributed by atoms with Crippen molar-refractivity contribution < 1.29 is 18.7 Å². The Labute approximate surface area is 137 Å². The fourth-order valence-electron chi connectivity index (χ4n) is 2.27. The van der Waals surface area contributed by atoms with Gasteiger partial charge in [0, 0.05) is 11.4 Å². The number of rotatable bonds is 4. The van der Waals surface area contributed by atoms with Crippen molar-refractivity contribution in [3.63, 3.8) is 0 Å². The maximum Gasteiger partial charge on any atom is 0.355 e. The van der Waals surface area contributed by atoms with E-state index >= 15 is 0 Å². The number of esters is 1. The predicted octanol–water partition coefficient (Wildman–Crippen LogP) is 3.85. The molecule has 2 rings (SSSR count). The highest BCUT2D eigenvalue weighted by Gasteiger charge is 2.22. The summed E-state index contributed by atoms with van der Waals surface area (Å²) in [7, 11) is 0. The minimum Gasteiger partial charge on any atom is -0.461 e. The van der Waals surface area contributed by atoms with E-state index < -0.39 is 17.7 Å². The molecule has 1 aromatic carbocycles. The Morgan fingerprint density at radius 1 is 1.35 bits per heavy atom. The molecule has 23 heavy (non-hydrogen) atoms. The van der Waals surface area contributed by atoms with Crippen LogP contribution in [0.4, 0.5) is 10.1 Å². The third kappa shape index (κ3) is 3.53. The number of amides is 1. The molecule has 0 aliphatic rings. The summed E-state index contributed by atoms with van der Waals surface area (Å²) >= 11 is 5.69. The zero-order valence-electron chi connectivity index (χ0n) is 12.9. The van der Waals surface area contributed by atoms with Crippen molar-refractivity contribution in [3.8, 4) is 0 Å². The summed E-state index contributed by atoms with van der Waals surface area (Å²) in [6.07, 6.45) is 0. The number of halogens is 2. The van der Waals surface area contributed by atoms with Crippen LogP contribution in [0.15, 0.2) is 18.2 Å². The molecular formula is C16H16ClFN2O3. The van der Waals surface area contributed by atoms with Gasteiger partial charge in [0.05, 0.1) is 17.2 Å². The Morgan fingerprint density at radius 3 is 2.65 bits per heavy atom. The minimum absolute atomic E-state index is 0.0856. The number of carbonyl (C=O) groups is 2. The van der Waals surface area contributed by atoms with E-state index in [1.165, 1.54) is 18.2 Å². The monoisotopic (exact) mass is 338 g/mol. The Kier molecular flexibility index (Phi) is 5.05. The minimum atomic E-state index is -0.566. The number of hydrogen-bond donors (Lipinski definition) is 2. The average Bonchev–Trinajstić information content (AvgIpc) is 2.78.